The Hall–Kier alpha value is -0.730. The van der Waals surface area contributed by atoms with Crippen molar-refractivity contribution in [1.29, 1.82) is 0 Å². The van der Waals surface area contributed by atoms with E-state index in [9.17, 15) is 4.79 Å². The molecule has 0 saturated heterocycles. The first kappa shape index (κ1) is 22.3. The highest BCUT2D eigenvalue weighted by atomic mass is 16.6. The molecule has 0 bridgehead atoms. The van der Waals surface area contributed by atoms with Crippen molar-refractivity contribution in [1.82, 2.24) is 4.90 Å². The number of hydrogen-bond acceptors (Lipinski definition) is 2. The molecular formula is C20H41NO2. The van der Waals surface area contributed by atoms with Gasteiger partial charge in [-0.15, -0.1) is 0 Å². The summed E-state index contributed by atoms with van der Waals surface area (Å²) in [5.74, 6) is 0.549. The topological polar surface area (TPSA) is 29.5 Å². The first-order valence-corrected chi connectivity index (χ1v) is 10.1. The Kier molecular flexibility index (Phi) is 15.6. The van der Waals surface area contributed by atoms with Crippen molar-refractivity contribution in [3.05, 3.63) is 0 Å². The van der Waals surface area contributed by atoms with Gasteiger partial charge in [-0.05, 0) is 32.6 Å². The molecule has 0 spiro atoms. The molecule has 3 heteroatoms. The Morgan fingerprint density at radius 1 is 0.783 bits per heavy atom. The Bertz CT molecular complexity index is 264. The van der Waals surface area contributed by atoms with Crippen molar-refractivity contribution < 1.29 is 9.53 Å². The van der Waals surface area contributed by atoms with E-state index in [1.165, 1.54) is 70.6 Å². The molecule has 1 amide bonds. The van der Waals surface area contributed by atoms with Crippen molar-refractivity contribution in [3.63, 3.8) is 0 Å². The molecule has 23 heavy (non-hydrogen) atoms. The van der Waals surface area contributed by atoms with Gasteiger partial charge in [0.2, 0.25) is 0 Å². The molecule has 138 valence electrons. The average molecular weight is 328 g/mol. The van der Waals surface area contributed by atoms with E-state index in [4.69, 9.17) is 4.74 Å². The van der Waals surface area contributed by atoms with Crippen molar-refractivity contribution in [2.75, 3.05) is 19.7 Å². The molecule has 0 saturated carbocycles. The highest BCUT2D eigenvalue weighted by Crippen LogP contribution is 2.19. The lowest BCUT2D eigenvalue weighted by Crippen LogP contribution is -2.32. The van der Waals surface area contributed by atoms with Crippen LogP contribution in [0.1, 0.15) is 98.3 Å². The number of rotatable bonds is 15. The molecule has 0 aromatic carbocycles. The molecule has 0 radical (unpaired) electrons. The molecule has 0 aliphatic rings. The standard InChI is InChI=1S/C20H41NO2/c1-5-9-11-13-15-17-19(16-14-12-10-6-2)18-23-20(22)21(7-3)8-4/h19H,5-18H2,1-4H3. The molecule has 0 fully saturated rings. The molecule has 0 N–H and O–H groups in total. The van der Waals surface area contributed by atoms with Gasteiger partial charge in [0, 0.05) is 13.1 Å². The molecule has 1 atom stereocenters. The number of unbranched alkanes of at least 4 members (excludes halogenated alkanes) is 7. The number of carbonyl (C=O) groups excluding carboxylic acids is 1. The van der Waals surface area contributed by atoms with E-state index >= 15 is 0 Å². The molecule has 0 aliphatic carbocycles. The maximum atomic E-state index is 12.0. The van der Waals surface area contributed by atoms with Crippen LogP contribution in [0.5, 0.6) is 0 Å². The SMILES string of the molecule is CCCCCCCC(CCCCCC)COC(=O)N(CC)CC. The minimum absolute atomic E-state index is 0.139. The summed E-state index contributed by atoms with van der Waals surface area (Å²) >= 11 is 0. The van der Waals surface area contributed by atoms with Crippen LogP contribution in [0, 0.1) is 5.92 Å². The quantitative estimate of drug-likeness (QED) is 0.325. The van der Waals surface area contributed by atoms with Crippen molar-refractivity contribution in [2.24, 2.45) is 5.92 Å². The van der Waals surface area contributed by atoms with E-state index in [1.54, 1.807) is 4.90 Å². The molecule has 0 aromatic rings. The van der Waals surface area contributed by atoms with Gasteiger partial charge in [-0.3, -0.25) is 0 Å². The predicted octanol–water partition coefficient (Wildman–Crippen LogP) is 6.41. The van der Waals surface area contributed by atoms with Crippen LogP contribution < -0.4 is 0 Å². The summed E-state index contributed by atoms with van der Waals surface area (Å²) in [6.07, 6.45) is 14.0. The Labute approximate surface area is 145 Å². The smallest absolute Gasteiger partial charge is 0.409 e. The molecule has 0 heterocycles. The first-order valence-electron chi connectivity index (χ1n) is 10.1. The van der Waals surface area contributed by atoms with Crippen LogP contribution in [-0.4, -0.2) is 30.7 Å². The van der Waals surface area contributed by atoms with Crippen LogP contribution in [0.15, 0.2) is 0 Å². The second kappa shape index (κ2) is 16.1. The van der Waals surface area contributed by atoms with Gasteiger partial charge in [0.15, 0.2) is 0 Å². The van der Waals surface area contributed by atoms with Crippen molar-refractivity contribution in [2.45, 2.75) is 98.3 Å². The Morgan fingerprint density at radius 2 is 1.26 bits per heavy atom. The molecule has 0 aliphatic heterocycles. The fourth-order valence-electron chi connectivity index (χ4n) is 2.97. The van der Waals surface area contributed by atoms with Gasteiger partial charge in [-0.2, -0.15) is 0 Å². The third-order valence-corrected chi connectivity index (χ3v) is 4.65. The molecular weight excluding hydrogens is 286 g/mol. The summed E-state index contributed by atoms with van der Waals surface area (Å²) in [5, 5.41) is 0. The molecule has 3 nitrogen and oxygen atoms in total. The lowest BCUT2D eigenvalue weighted by molar-refractivity contribution is 0.0863. The maximum Gasteiger partial charge on any atom is 0.409 e. The summed E-state index contributed by atoms with van der Waals surface area (Å²) in [5.41, 5.74) is 0. The average Bonchev–Trinajstić information content (AvgIpc) is 2.56. The van der Waals surface area contributed by atoms with E-state index in [0.717, 1.165) is 13.1 Å². The van der Waals surface area contributed by atoms with Crippen LogP contribution >= 0.6 is 0 Å². The van der Waals surface area contributed by atoms with E-state index in [1.807, 2.05) is 13.8 Å². The zero-order valence-electron chi connectivity index (χ0n) is 16.2. The number of hydrogen-bond donors (Lipinski definition) is 0. The second-order valence-corrected chi connectivity index (χ2v) is 6.67. The third-order valence-electron chi connectivity index (χ3n) is 4.65. The fraction of sp³-hybridized carbons (Fsp3) is 0.950. The van der Waals surface area contributed by atoms with Crippen molar-refractivity contribution in [3.8, 4) is 0 Å². The van der Waals surface area contributed by atoms with E-state index < -0.39 is 0 Å². The predicted molar refractivity (Wildman–Crippen MR) is 99.9 cm³/mol. The lowest BCUT2D eigenvalue weighted by Gasteiger charge is -2.21. The van der Waals surface area contributed by atoms with Gasteiger partial charge in [0.25, 0.3) is 0 Å². The van der Waals surface area contributed by atoms with Crippen LogP contribution in [0.3, 0.4) is 0 Å². The number of nitrogens with zero attached hydrogens (tertiary/aromatic N) is 1. The van der Waals surface area contributed by atoms with Crippen LogP contribution in [-0.2, 0) is 4.74 Å². The summed E-state index contributed by atoms with van der Waals surface area (Å²) in [6, 6.07) is 0. The zero-order chi connectivity index (χ0) is 17.3. The fourth-order valence-corrected chi connectivity index (χ4v) is 2.97. The first-order chi connectivity index (χ1) is 11.2. The molecule has 1 unspecified atom stereocenters. The minimum Gasteiger partial charge on any atom is -0.449 e. The van der Waals surface area contributed by atoms with Gasteiger partial charge in [-0.1, -0.05) is 71.6 Å². The second-order valence-electron chi connectivity index (χ2n) is 6.67. The maximum absolute atomic E-state index is 12.0. The monoisotopic (exact) mass is 327 g/mol. The number of amides is 1. The van der Waals surface area contributed by atoms with E-state index in [-0.39, 0.29) is 6.09 Å². The van der Waals surface area contributed by atoms with Gasteiger partial charge in [0.1, 0.15) is 0 Å². The highest BCUT2D eigenvalue weighted by Gasteiger charge is 2.15. The molecule has 0 aromatic heterocycles. The Balaban J connectivity index is 4.10. The zero-order valence-corrected chi connectivity index (χ0v) is 16.2. The number of carbonyl (C=O) groups is 1. The van der Waals surface area contributed by atoms with Gasteiger partial charge in [-0.25, -0.2) is 4.79 Å². The normalized spacial score (nSPS) is 12.2. The molecule has 0 rings (SSSR count). The van der Waals surface area contributed by atoms with Crippen LogP contribution in [0.2, 0.25) is 0 Å². The van der Waals surface area contributed by atoms with Gasteiger partial charge >= 0.3 is 6.09 Å². The van der Waals surface area contributed by atoms with Crippen molar-refractivity contribution >= 4 is 6.09 Å². The highest BCUT2D eigenvalue weighted by molar-refractivity contribution is 5.67. The minimum atomic E-state index is -0.139. The Morgan fingerprint density at radius 3 is 1.74 bits per heavy atom. The van der Waals surface area contributed by atoms with Gasteiger partial charge in [0.05, 0.1) is 6.61 Å². The summed E-state index contributed by atoms with van der Waals surface area (Å²) < 4.78 is 5.57. The summed E-state index contributed by atoms with van der Waals surface area (Å²) in [7, 11) is 0. The lowest BCUT2D eigenvalue weighted by atomic mass is 9.95. The van der Waals surface area contributed by atoms with E-state index in [0.29, 0.717) is 12.5 Å². The number of ether oxygens (including phenoxy) is 1. The third kappa shape index (κ3) is 12.4. The van der Waals surface area contributed by atoms with Gasteiger partial charge < -0.3 is 9.64 Å². The van der Waals surface area contributed by atoms with Crippen LogP contribution in [0.4, 0.5) is 4.79 Å². The van der Waals surface area contributed by atoms with Crippen LogP contribution in [0.25, 0.3) is 0 Å². The largest absolute Gasteiger partial charge is 0.449 e. The van der Waals surface area contributed by atoms with E-state index in [2.05, 4.69) is 13.8 Å². The summed E-state index contributed by atoms with van der Waals surface area (Å²) in [4.78, 5) is 13.8. The summed E-state index contributed by atoms with van der Waals surface area (Å²) in [6.45, 7) is 10.6.